The minimum absolute atomic E-state index is 0.0283. The van der Waals surface area contributed by atoms with Gasteiger partial charge in [0.15, 0.2) is 0 Å². The Kier molecular flexibility index (Phi) is 5.79. The fourth-order valence-corrected chi connectivity index (χ4v) is 8.56. The van der Waals surface area contributed by atoms with Crippen LogP contribution in [0.1, 0.15) is 32.6 Å². The van der Waals surface area contributed by atoms with E-state index in [0.717, 1.165) is 17.5 Å². The zero-order chi connectivity index (χ0) is 24.1. The Hall–Kier alpha value is -2.66. The molecule has 3 amide bonds. The maximum atomic E-state index is 13.7. The van der Waals surface area contributed by atoms with Crippen LogP contribution >= 0.6 is 11.8 Å². The topological polar surface area (TPSA) is 129 Å². The van der Waals surface area contributed by atoms with Crippen LogP contribution in [-0.4, -0.2) is 78.5 Å². The molecular weight excluding hydrogens is 456 g/mol. The number of aliphatic hydroxyl groups excluding tert-OH is 1. The molecule has 2 bridgehead atoms. The third-order valence-corrected chi connectivity index (χ3v) is 9.67. The van der Waals surface area contributed by atoms with Crippen molar-refractivity contribution in [1.82, 2.24) is 30.5 Å². The predicted molar refractivity (Wildman–Crippen MR) is 126 cm³/mol. The third kappa shape index (κ3) is 3.31. The van der Waals surface area contributed by atoms with E-state index in [2.05, 4.69) is 20.9 Å². The summed E-state index contributed by atoms with van der Waals surface area (Å²) in [5.74, 6) is -1.52. The number of carbonyl (C=O) groups is 3. The van der Waals surface area contributed by atoms with Gasteiger partial charge in [-0.25, -0.2) is 4.68 Å². The van der Waals surface area contributed by atoms with E-state index in [1.54, 1.807) is 28.4 Å². The molecule has 4 heterocycles. The average molecular weight is 487 g/mol. The van der Waals surface area contributed by atoms with Crippen LogP contribution in [0.5, 0.6) is 0 Å². The minimum atomic E-state index is -0.681. The van der Waals surface area contributed by atoms with Gasteiger partial charge in [-0.3, -0.25) is 14.4 Å². The molecule has 5 atom stereocenters. The van der Waals surface area contributed by atoms with Crippen LogP contribution < -0.4 is 10.6 Å². The molecule has 2 aromatic rings. The predicted octanol–water partition coefficient (Wildman–Crippen LogP) is 0.505. The number of hydrogen-bond acceptors (Lipinski definition) is 7. The highest BCUT2D eigenvalue weighted by molar-refractivity contribution is 8.02. The van der Waals surface area contributed by atoms with Gasteiger partial charge < -0.3 is 20.6 Å². The average Bonchev–Trinajstić information content (AvgIpc) is 3.53. The highest BCUT2D eigenvalue weighted by atomic mass is 32.2. The lowest BCUT2D eigenvalue weighted by atomic mass is 9.66. The summed E-state index contributed by atoms with van der Waals surface area (Å²) in [4.78, 5) is 42.0. The van der Waals surface area contributed by atoms with E-state index >= 15 is 0 Å². The van der Waals surface area contributed by atoms with Gasteiger partial charge in [-0.05, 0) is 44.7 Å². The molecule has 11 heteroatoms. The molecule has 0 aliphatic carbocycles. The zero-order valence-electron chi connectivity index (χ0n) is 19.4. The fourth-order valence-electron chi connectivity index (χ4n) is 6.20. The van der Waals surface area contributed by atoms with Crippen LogP contribution in [0.25, 0.3) is 11.0 Å². The van der Waals surface area contributed by atoms with E-state index in [1.165, 1.54) is 0 Å². The van der Waals surface area contributed by atoms with Crippen LogP contribution in [-0.2, 0) is 21.1 Å². The molecule has 3 aliphatic heterocycles. The number of amides is 3. The lowest BCUT2D eigenvalue weighted by Crippen LogP contribution is -2.54. The molecule has 182 valence electrons. The third-order valence-electron chi connectivity index (χ3n) is 7.68. The lowest BCUT2D eigenvalue weighted by molar-refractivity contribution is -0.140. The molecule has 3 fully saturated rings. The first-order valence-corrected chi connectivity index (χ1v) is 12.6. The van der Waals surface area contributed by atoms with Gasteiger partial charge in [0.25, 0.3) is 0 Å². The second-order valence-electron chi connectivity index (χ2n) is 9.58. The van der Waals surface area contributed by atoms with Crippen molar-refractivity contribution in [2.75, 3.05) is 20.2 Å². The first-order valence-electron chi connectivity index (χ1n) is 11.8. The number of hydrogen-bond donors (Lipinski definition) is 3. The number of rotatable bonds is 8. The number of unbranched alkanes of at least 4 members (excludes halogenated alkanes) is 1. The summed E-state index contributed by atoms with van der Waals surface area (Å²) in [5.41, 5.74) is 1.55. The summed E-state index contributed by atoms with van der Waals surface area (Å²) in [6.07, 6.45) is 2.62. The summed E-state index contributed by atoms with van der Waals surface area (Å²) < 4.78 is 0.609. The Morgan fingerprint density at radius 1 is 1.24 bits per heavy atom. The van der Waals surface area contributed by atoms with Crippen molar-refractivity contribution in [2.45, 2.75) is 54.8 Å². The molecule has 0 radical (unpaired) electrons. The van der Waals surface area contributed by atoms with E-state index < -0.39 is 22.6 Å². The Morgan fingerprint density at radius 2 is 2.03 bits per heavy atom. The number of carbonyl (C=O) groups excluding carboxylic acids is 3. The minimum Gasteiger partial charge on any atom is -0.396 e. The van der Waals surface area contributed by atoms with Crippen LogP contribution in [0, 0.1) is 11.8 Å². The number of benzene rings is 1. The standard InChI is InChI=1S/C23H30N6O4S/c1-22-9-10-23(34-22)17(16(22)19(31)24-2)21(33)28(11-5-6-12-30)18(23)20(32)25-13-29-15-8-4-3-7-14(15)26-27-29/h3-4,7-8,16-18,30H,5-6,9-13H2,1-2H3,(H,24,31)(H,25,32)/t16-,17-,18?,22+,23?/m0/s1. The summed E-state index contributed by atoms with van der Waals surface area (Å²) in [6, 6.07) is 6.83. The molecule has 1 spiro atoms. The quantitative estimate of drug-likeness (QED) is 0.464. The molecule has 1 aromatic carbocycles. The van der Waals surface area contributed by atoms with Gasteiger partial charge >= 0.3 is 0 Å². The maximum Gasteiger partial charge on any atom is 0.245 e. The molecular formula is C23H30N6O4S. The van der Waals surface area contributed by atoms with Crippen molar-refractivity contribution in [1.29, 1.82) is 0 Å². The lowest BCUT2D eigenvalue weighted by Gasteiger charge is -2.34. The molecule has 3 N–H and O–H groups in total. The summed E-state index contributed by atoms with van der Waals surface area (Å²) >= 11 is 1.64. The van der Waals surface area contributed by atoms with E-state index in [0.29, 0.717) is 25.8 Å². The summed E-state index contributed by atoms with van der Waals surface area (Å²) in [6.45, 7) is 2.58. The Morgan fingerprint density at radius 3 is 2.79 bits per heavy atom. The first-order chi connectivity index (χ1) is 16.4. The van der Waals surface area contributed by atoms with Crippen molar-refractivity contribution in [3.8, 4) is 0 Å². The second kappa shape index (κ2) is 8.53. The highest BCUT2D eigenvalue weighted by Gasteiger charge is 2.76. The van der Waals surface area contributed by atoms with Gasteiger partial charge in [-0.1, -0.05) is 17.3 Å². The molecule has 10 nitrogen and oxygen atoms in total. The van der Waals surface area contributed by atoms with Crippen LogP contribution in [0.15, 0.2) is 24.3 Å². The van der Waals surface area contributed by atoms with E-state index in [-0.39, 0.29) is 35.7 Å². The van der Waals surface area contributed by atoms with Gasteiger partial charge in [-0.2, -0.15) is 0 Å². The summed E-state index contributed by atoms with van der Waals surface area (Å²) in [5, 5.41) is 23.3. The van der Waals surface area contributed by atoms with Crippen molar-refractivity contribution in [3.05, 3.63) is 24.3 Å². The molecule has 2 unspecified atom stereocenters. The number of aromatic nitrogens is 3. The summed E-state index contributed by atoms with van der Waals surface area (Å²) in [7, 11) is 1.60. The van der Waals surface area contributed by atoms with Crippen molar-refractivity contribution in [3.63, 3.8) is 0 Å². The molecule has 3 saturated heterocycles. The van der Waals surface area contributed by atoms with Crippen LogP contribution in [0.4, 0.5) is 0 Å². The Bertz CT molecular complexity index is 1140. The van der Waals surface area contributed by atoms with Crippen LogP contribution in [0.3, 0.4) is 0 Å². The van der Waals surface area contributed by atoms with Crippen molar-refractivity contribution < 1.29 is 19.5 Å². The Balaban J connectivity index is 1.45. The largest absolute Gasteiger partial charge is 0.396 e. The van der Waals surface area contributed by atoms with Gasteiger partial charge in [-0.15, -0.1) is 16.9 Å². The number of likely N-dealkylation sites (tertiary alicyclic amines) is 1. The highest BCUT2D eigenvalue weighted by Crippen LogP contribution is 2.71. The van der Waals surface area contributed by atoms with Crippen LogP contribution in [0.2, 0.25) is 0 Å². The molecule has 34 heavy (non-hydrogen) atoms. The number of nitrogens with zero attached hydrogens (tertiary/aromatic N) is 4. The van der Waals surface area contributed by atoms with Crippen molar-refractivity contribution >= 4 is 40.5 Å². The van der Waals surface area contributed by atoms with Gasteiger partial charge in [0, 0.05) is 24.9 Å². The molecule has 0 saturated carbocycles. The Labute approximate surface area is 201 Å². The number of thioether (sulfide) groups is 1. The van der Waals surface area contributed by atoms with E-state index in [4.69, 9.17) is 0 Å². The van der Waals surface area contributed by atoms with E-state index in [9.17, 15) is 19.5 Å². The molecule has 3 aliphatic rings. The van der Waals surface area contributed by atoms with E-state index in [1.807, 2.05) is 31.2 Å². The monoisotopic (exact) mass is 486 g/mol. The van der Waals surface area contributed by atoms with Crippen molar-refractivity contribution in [2.24, 2.45) is 11.8 Å². The molecule has 5 rings (SSSR count). The number of aliphatic hydroxyl groups is 1. The first kappa shape index (κ1) is 23.1. The van der Waals surface area contributed by atoms with Gasteiger partial charge in [0.1, 0.15) is 18.2 Å². The maximum absolute atomic E-state index is 13.7. The number of fused-ring (bicyclic) bond motifs is 2. The zero-order valence-corrected chi connectivity index (χ0v) is 20.2. The molecule has 1 aromatic heterocycles. The second-order valence-corrected chi connectivity index (χ2v) is 11.5. The smallest absolute Gasteiger partial charge is 0.245 e. The SMILES string of the molecule is CNC(=O)[C@@H]1[C@H]2C(=O)N(CCCCO)C(C(=O)NCn3nnc4ccccc43)C23CC[C@@]1(C)S3. The number of para-hydroxylation sites is 1. The van der Waals surface area contributed by atoms with Gasteiger partial charge in [0.05, 0.1) is 22.1 Å². The normalized spacial score (nSPS) is 31.8. The number of nitrogens with one attached hydrogen (secondary N) is 2. The fraction of sp³-hybridized carbons (Fsp3) is 0.609. The van der Waals surface area contributed by atoms with Gasteiger partial charge in [0.2, 0.25) is 17.7 Å².